The first-order valence-electron chi connectivity index (χ1n) is 8.15. The summed E-state index contributed by atoms with van der Waals surface area (Å²) in [6.45, 7) is 3.63. The fourth-order valence-corrected chi connectivity index (χ4v) is 2.84. The van der Waals surface area contributed by atoms with E-state index in [-0.39, 0.29) is 5.91 Å². The number of nitrogens with zero attached hydrogens (tertiary/aromatic N) is 2. The number of carbonyl (C=O) groups is 1. The number of hydrogen-bond acceptors (Lipinski definition) is 3. The van der Waals surface area contributed by atoms with Gasteiger partial charge in [0, 0.05) is 31.4 Å². The van der Waals surface area contributed by atoms with Crippen LogP contribution < -0.4 is 5.32 Å². The summed E-state index contributed by atoms with van der Waals surface area (Å²) in [6, 6.07) is 5.15. The summed E-state index contributed by atoms with van der Waals surface area (Å²) in [5.41, 5.74) is -0.719. The third-order valence-corrected chi connectivity index (χ3v) is 4.15. The Balaban J connectivity index is 2.00. The van der Waals surface area contributed by atoms with Crippen molar-refractivity contribution in [3.8, 4) is 0 Å². The molecule has 1 fully saturated rings. The van der Waals surface area contributed by atoms with Crippen molar-refractivity contribution in [3.05, 3.63) is 42.0 Å². The molecule has 4 nitrogen and oxygen atoms in total. The number of hydrogen-bond donors (Lipinski definition) is 1. The molecule has 7 heteroatoms. The summed E-state index contributed by atoms with van der Waals surface area (Å²) in [5.74, 6) is -0.0728. The van der Waals surface area contributed by atoms with Gasteiger partial charge in [-0.2, -0.15) is 13.2 Å². The van der Waals surface area contributed by atoms with E-state index in [0.717, 1.165) is 12.1 Å². The molecule has 1 saturated heterocycles. The number of rotatable bonds is 5. The number of likely N-dealkylation sites (tertiary alicyclic amines) is 1. The van der Waals surface area contributed by atoms with Crippen LogP contribution in [0.2, 0.25) is 0 Å². The maximum absolute atomic E-state index is 12.8. The van der Waals surface area contributed by atoms with Gasteiger partial charge in [0.15, 0.2) is 0 Å². The lowest BCUT2D eigenvalue weighted by Gasteiger charge is -2.27. The molecule has 1 aromatic rings. The number of carbonyl (C=O) groups excluding carboxylic acids is 1. The van der Waals surface area contributed by atoms with Gasteiger partial charge < -0.3 is 15.1 Å². The van der Waals surface area contributed by atoms with Crippen LogP contribution in [0.15, 0.2) is 36.4 Å². The zero-order valence-corrected chi connectivity index (χ0v) is 14.7. The van der Waals surface area contributed by atoms with E-state index in [1.54, 1.807) is 23.1 Å². The van der Waals surface area contributed by atoms with Crippen LogP contribution in [0.1, 0.15) is 18.9 Å². The number of likely N-dealkylation sites (N-methyl/N-ethyl adjacent to an activating group) is 1. The minimum absolute atomic E-state index is 0.0728. The minimum Gasteiger partial charge on any atom is -0.378 e. The van der Waals surface area contributed by atoms with Crippen molar-refractivity contribution in [3.63, 3.8) is 0 Å². The predicted molar refractivity (Wildman–Crippen MR) is 92.4 cm³/mol. The Bertz CT molecular complexity index is 643. The van der Waals surface area contributed by atoms with Crippen LogP contribution >= 0.6 is 0 Å². The first-order valence-corrected chi connectivity index (χ1v) is 8.15. The second-order valence-electron chi connectivity index (χ2n) is 6.94. The lowest BCUT2D eigenvalue weighted by molar-refractivity contribution is -0.137. The van der Waals surface area contributed by atoms with Crippen molar-refractivity contribution in [1.82, 2.24) is 9.80 Å². The molecule has 1 heterocycles. The molecule has 0 saturated carbocycles. The van der Waals surface area contributed by atoms with Crippen LogP contribution in [0.25, 0.3) is 0 Å². The van der Waals surface area contributed by atoms with Gasteiger partial charge in [0.1, 0.15) is 0 Å². The third-order valence-electron chi connectivity index (χ3n) is 4.15. The van der Waals surface area contributed by atoms with Crippen LogP contribution in [-0.2, 0) is 11.0 Å². The van der Waals surface area contributed by atoms with Crippen molar-refractivity contribution < 1.29 is 18.0 Å². The summed E-state index contributed by atoms with van der Waals surface area (Å²) in [5, 5.41) is 3.16. The quantitative estimate of drug-likeness (QED) is 0.824. The number of anilines is 1. The van der Waals surface area contributed by atoms with Gasteiger partial charge in [-0.05, 0) is 45.6 Å². The largest absolute Gasteiger partial charge is 0.416 e. The van der Waals surface area contributed by atoms with Crippen LogP contribution in [-0.4, -0.2) is 55.0 Å². The molecule has 25 heavy (non-hydrogen) atoms. The van der Waals surface area contributed by atoms with E-state index in [2.05, 4.69) is 5.32 Å². The molecule has 1 aliphatic heterocycles. The second kappa shape index (κ2) is 7.47. The molecule has 0 bridgehead atoms. The summed E-state index contributed by atoms with van der Waals surface area (Å²) in [6.07, 6.45) is -0.335. The molecule has 1 aliphatic rings. The van der Waals surface area contributed by atoms with Gasteiger partial charge in [-0.1, -0.05) is 12.1 Å². The molecular formula is C18H24F3N3O. The molecule has 0 aromatic heterocycles. The smallest absolute Gasteiger partial charge is 0.378 e. The molecule has 1 atom stereocenters. The SMILES string of the molecule is CN(C)C/C=C/C(=O)N1CCC(C)(Nc2cccc(C(F)(F)F)c2)C1. The molecule has 1 amide bonds. The van der Waals surface area contributed by atoms with Gasteiger partial charge in [0.2, 0.25) is 5.91 Å². The molecule has 2 rings (SSSR count). The highest BCUT2D eigenvalue weighted by atomic mass is 19.4. The number of benzene rings is 1. The van der Waals surface area contributed by atoms with Gasteiger partial charge in [-0.25, -0.2) is 0 Å². The van der Waals surface area contributed by atoms with E-state index in [9.17, 15) is 18.0 Å². The van der Waals surface area contributed by atoms with E-state index in [1.165, 1.54) is 6.07 Å². The molecular weight excluding hydrogens is 331 g/mol. The monoisotopic (exact) mass is 355 g/mol. The van der Waals surface area contributed by atoms with Crippen LogP contribution in [0.5, 0.6) is 0 Å². The van der Waals surface area contributed by atoms with Gasteiger partial charge in [0.05, 0.1) is 11.1 Å². The number of halogens is 3. The fourth-order valence-electron chi connectivity index (χ4n) is 2.84. The average molecular weight is 355 g/mol. The van der Waals surface area contributed by atoms with Crippen LogP contribution in [0, 0.1) is 0 Å². The topological polar surface area (TPSA) is 35.6 Å². The van der Waals surface area contributed by atoms with E-state index in [0.29, 0.717) is 31.7 Å². The lowest BCUT2D eigenvalue weighted by Crippen LogP contribution is -2.39. The van der Waals surface area contributed by atoms with Crippen LogP contribution in [0.3, 0.4) is 0 Å². The highest BCUT2D eigenvalue weighted by Gasteiger charge is 2.36. The van der Waals surface area contributed by atoms with Crippen molar-refractivity contribution in [2.45, 2.75) is 25.1 Å². The maximum Gasteiger partial charge on any atom is 0.416 e. The van der Waals surface area contributed by atoms with Crippen LogP contribution in [0.4, 0.5) is 18.9 Å². The Morgan fingerprint density at radius 1 is 1.40 bits per heavy atom. The Morgan fingerprint density at radius 3 is 2.76 bits per heavy atom. The first kappa shape index (κ1) is 19.3. The van der Waals surface area contributed by atoms with Gasteiger partial charge in [-0.15, -0.1) is 0 Å². The second-order valence-corrected chi connectivity index (χ2v) is 6.94. The highest BCUT2D eigenvalue weighted by Crippen LogP contribution is 2.32. The number of amides is 1. The number of nitrogens with one attached hydrogen (secondary N) is 1. The molecule has 1 aromatic carbocycles. The average Bonchev–Trinajstić information content (AvgIpc) is 2.88. The third kappa shape index (κ3) is 5.49. The summed E-state index contributed by atoms with van der Waals surface area (Å²) >= 11 is 0. The zero-order chi connectivity index (χ0) is 18.7. The zero-order valence-electron chi connectivity index (χ0n) is 14.7. The highest BCUT2D eigenvalue weighted by molar-refractivity contribution is 5.88. The summed E-state index contributed by atoms with van der Waals surface area (Å²) in [7, 11) is 3.83. The summed E-state index contributed by atoms with van der Waals surface area (Å²) < 4.78 is 38.5. The van der Waals surface area contributed by atoms with Gasteiger partial charge in [-0.3, -0.25) is 4.79 Å². The molecule has 1 unspecified atom stereocenters. The van der Waals surface area contributed by atoms with E-state index < -0.39 is 17.3 Å². The normalized spacial score (nSPS) is 21.3. The first-order chi connectivity index (χ1) is 11.6. The Labute approximate surface area is 146 Å². The van der Waals surface area contributed by atoms with Gasteiger partial charge >= 0.3 is 6.18 Å². The molecule has 0 aliphatic carbocycles. The Kier molecular flexibility index (Phi) is 5.77. The van der Waals surface area contributed by atoms with Crippen molar-refractivity contribution in [1.29, 1.82) is 0 Å². The standard InChI is InChI=1S/C18H24F3N3O/c1-17(22-15-7-4-6-14(12-15)18(19,20)21)9-11-24(13-17)16(25)8-5-10-23(2)3/h4-8,12,22H,9-11,13H2,1-3H3/b8-5+. The summed E-state index contributed by atoms with van der Waals surface area (Å²) in [4.78, 5) is 15.9. The maximum atomic E-state index is 12.8. The minimum atomic E-state index is -4.37. The predicted octanol–water partition coefficient (Wildman–Crippen LogP) is 3.23. The number of alkyl halides is 3. The molecule has 138 valence electrons. The molecule has 0 spiro atoms. The fraction of sp³-hybridized carbons (Fsp3) is 0.500. The van der Waals surface area contributed by atoms with Crippen molar-refractivity contribution >= 4 is 11.6 Å². The van der Waals surface area contributed by atoms with Crippen molar-refractivity contribution in [2.24, 2.45) is 0 Å². The van der Waals surface area contributed by atoms with Crippen molar-refractivity contribution in [2.75, 3.05) is 39.0 Å². The van der Waals surface area contributed by atoms with E-state index in [1.807, 2.05) is 25.9 Å². The van der Waals surface area contributed by atoms with Gasteiger partial charge in [0.25, 0.3) is 0 Å². The van der Waals surface area contributed by atoms with E-state index >= 15 is 0 Å². The lowest BCUT2D eigenvalue weighted by atomic mass is 10.0. The molecule has 0 radical (unpaired) electrons. The molecule has 1 N–H and O–H groups in total. The Hall–Kier alpha value is -2.02. The Morgan fingerprint density at radius 2 is 2.12 bits per heavy atom. The van der Waals surface area contributed by atoms with E-state index in [4.69, 9.17) is 0 Å².